The first-order chi connectivity index (χ1) is 14.3. The van der Waals surface area contributed by atoms with E-state index >= 15 is 0 Å². The van der Waals surface area contributed by atoms with Crippen molar-refractivity contribution in [2.24, 2.45) is 11.3 Å². The second kappa shape index (κ2) is 8.06. The van der Waals surface area contributed by atoms with Crippen molar-refractivity contribution >= 4 is 17.6 Å². The van der Waals surface area contributed by atoms with Gasteiger partial charge in [0.2, 0.25) is 6.71 Å². The van der Waals surface area contributed by atoms with Crippen molar-refractivity contribution < 1.29 is 0 Å². The summed E-state index contributed by atoms with van der Waals surface area (Å²) in [7, 11) is 0. The topological polar surface area (TPSA) is 0 Å². The summed E-state index contributed by atoms with van der Waals surface area (Å²) in [6, 6.07) is 9.65. The van der Waals surface area contributed by atoms with E-state index in [0.717, 1.165) is 5.92 Å². The van der Waals surface area contributed by atoms with Crippen molar-refractivity contribution in [3.05, 3.63) is 69.8 Å². The summed E-state index contributed by atoms with van der Waals surface area (Å²) in [4.78, 5) is 0. The molecule has 2 aromatic carbocycles. The zero-order valence-corrected chi connectivity index (χ0v) is 20.2. The normalized spacial score (nSPS) is 23.2. The molecule has 2 aromatic rings. The average Bonchev–Trinajstić information content (AvgIpc) is 3.25. The smallest absolute Gasteiger partial charge is 0.0848 e. The van der Waals surface area contributed by atoms with Crippen LogP contribution in [0, 0.1) is 52.9 Å². The van der Waals surface area contributed by atoms with Gasteiger partial charge in [-0.25, -0.2) is 0 Å². The first-order valence-electron chi connectivity index (χ1n) is 12.1. The van der Waals surface area contributed by atoms with Crippen LogP contribution in [0.25, 0.3) is 0 Å². The highest BCUT2D eigenvalue weighted by molar-refractivity contribution is 6.87. The largest absolute Gasteiger partial charge is 0.214 e. The van der Waals surface area contributed by atoms with Gasteiger partial charge in [0.05, 0.1) is 0 Å². The zero-order valence-electron chi connectivity index (χ0n) is 20.2. The fraction of sp³-hybridized carbons (Fsp3) is 0.517. The zero-order chi connectivity index (χ0) is 21.6. The minimum atomic E-state index is 0.388. The molecule has 30 heavy (non-hydrogen) atoms. The van der Waals surface area contributed by atoms with Crippen LogP contribution in [0.15, 0.2) is 36.4 Å². The second-order valence-electron chi connectivity index (χ2n) is 10.6. The van der Waals surface area contributed by atoms with E-state index in [1.807, 2.05) is 0 Å². The van der Waals surface area contributed by atoms with Crippen LogP contribution < -0.4 is 10.9 Å². The Bertz CT molecular complexity index is 878. The average molecular weight is 398 g/mol. The highest BCUT2D eigenvalue weighted by Crippen LogP contribution is 2.58. The van der Waals surface area contributed by atoms with Crippen LogP contribution in [-0.2, 0) is 0 Å². The fourth-order valence-electron chi connectivity index (χ4n) is 7.26. The van der Waals surface area contributed by atoms with E-state index in [2.05, 4.69) is 84.9 Å². The van der Waals surface area contributed by atoms with Crippen LogP contribution >= 0.6 is 0 Å². The first-order valence-corrected chi connectivity index (χ1v) is 12.1. The lowest BCUT2D eigenvalue weighted by Crippen LogP contribution is -2.54. The molecule has 0 amide bonds. The molecule has 1 heteroatoms. The van der Waals surface area contributed by atoms with Crippen molar-refractivity contribution in [1.82, 2.24) is 0 Å². The Morgan fingerprint density at radius 1 is 0.867 bits per heavy atom. The van der Waals surface area contributed by atoms with E-state index in [1.54, 1.807) is 10.9 Å². The summed E-state index contributed by atoms with van der Waals surface area (Å²) in [6.45, 7) is 16.7. The molecule has 0 heterocycles. The predicted octanol–water partition coefficient (Wildman–Crippen LogP) is 6.67. The molecule has 0 aromatic heterocycles. The number of hydrogen-bond acceptors (Lipinski definition) is 0. The Labute approximate surface area is 185 Å². The Morgan fingerprint density at radius 2 is 1.37 bits per heavy atom. The van der Waals surface area contributed by atoms with Gasteiger partial charge in [-0.15, -0.1) is 0 Å². The highest BCUT2D eigenvalue weighted by atomic mass is 14.5. The van der Waals surface area contributed by atoms with Gasteiger partial charge >= 0.3 is 0 Å². The van der Waals surface area contributed by atoms with Crippen molar-refractivity contribution in [2.45, 2.75) is 86.4 Å². The standard InChI is InChI=1S/C29H39B/c1-8-9-26(29-12-10-25(18-29)11-13-29)30(27-21(4)14-19(2)15-22(27)5)28-23(6)16-20(3)17-24(28)7/h10,12,14-17,25-26H,8-9,11,13,18H2,1-7H3. The van der Waals surface area contributed by atoms with Crippen molar-refractivity contribution in [3.63, 3.8) is 0 Å². The van der Waals surface area contributed by atoms with Crippen LogP contribution in [0.2, 0.25) is 5.82 Å². The van der Waals surface area contributed by atoms with Gasteiger partial charge in [-0.3, -0.25) is 0 Å². The van der Waals surface area contributed by atoms with Gasteiger partial charge < -0.3 is 0 Å². The van der Waals surface area contributed by atoms with Gasteiger partial charge in [0.15, 0.2) is 0 Å². The van der Waals surface area contributed by atoms with Crippen molar-refractivity contribution in [2.75, 3.05) is 0 Å². The van der Waals surface area contributed by atoms with Crippen LogP contribution in [0.1, 0.15) is 72.4 Å². The monoisotopic (exact) mass is 398 g/mol. The molecule has 3 atom stereocenters. The number of hydrogen-bond donors (Lipinski definition) is 0. The molecule has 0 N–H and O–H groups in total. The summed E-state index contributed by atoms with van der Waals surface area (Å²) in [5, 5.41) is 0. The van der Waals surface area contributed by atoms with E-state index in [9.17, 15) is 0 Å². The van der Waals surface area contributed by atoms with Crippen LogP contribution in [0.3, 0.4) is 0 Å². The third-order valence-corrected chi connectivity index (χ3v) is 8.16. The van der Waals surface area contributed by atoms with Gasteiger partial charge in [-0.2, -0.15) is 0 Å². The number of benzene rings is 2. The number of allylic oxidation sites excluding steroid dienone is 2. The molecular weight excluding hydrogens is 359 g/mol. The second-order valence-corrected chi connectivity index (χ2v) is 10.6. The molecule has 0 nitrogen and oxygen atoms in total. The van der Waals surface area contributed by atoms with Crippen molar-refractivity contribution in [1.29, 1.82) is 0 Å². The summed E-state index contributed by atoms with van der Waals surface area (Å²) < 4.78 is 0. The minimum absolute atomic E-state index is 0.388. The van der Waals surface area contributed by atoms with Gasteiger partial charge in [0.1, 0.15) is 0 Å². The summed E-state index contributed by atoms with van der Waals surface area (Å²) >= 11 is 0. The quantitative estimate of drug-likeness (QED) is 0.376. The minimum Gasteiger partial charge on any atom is -0.0848 e. The molecule has 1 saturated carbocycles. The molecule has 3 unspecified atom stereocenters. The lowest BCUT2D eigenvalue weighted by atomic mass is 9.27. The number of fused-ring (bicyclic) bond motifs is 2. The Kier molecular flexibility index (Phi) is 5.77. The predicted molar refractivity (Wildman–Crippen MR) is 134 cm³/mol. The van der Waals surface area contributed by atoms with E-state index in [1.165, 1.54) is 65.5 Å². The molecule has 0 saturated heterocycles. The van der Waals surface area contributed by atoms with Crippen LogP contribution in [-0.4, -0.2) is 6.71 Å². The van der Waals surface area contributed by atoms with Crippen LogP contribution in [0.4, 0.5) is 0 Å². The molecular formula is C29H39B. The maximum absolute atomic E-state index is 2.65. The summed E-state index contributed by atoms with van der Waals surface area (Å²) in [5.74, 6) is 1.50. The fourth-order valence-corrected chi connectivity index (χ4v) is 7.26. The SMILES string of the molecule is CCCC(B(c1c(C)cc(C)cc1C)c1c(C)cc(C)cc1C)C12C=CC(CC1)C2. The molecule has 2 aliphatic carbocycles. The van der Waals surface area contributed by atoms with E-state index in [4.69, 9.17) is 0 Å². The van der Waals surface area contributed by atoms with E-state index in [0.29, 0.717) is 17.9 Å². The van der Waals surface area contributed by atoms with Gasteiger partial charge in [-0.1, -0.05) is 100 Å². The molecule has 0 radical (unpaired) electrons. The lowest BCUT2D eigenvalue weighted by Gasteiger charge is -2.41. The van der Waals surface area contributed by atoms with Crippen LogP contribution in [0.5, 0.6) is 0 Å². The molecule has 4 rings (SSSR count). The maximum atomic E-state index is 2.65. The van der Waals surface area contributed by atoms with Gasteiger partial charge in [-0.05, 0) is 78.0 Å². The Balaban J connectivity index is 1.98. The van der Waals surface area contributed by atoms with Gasteiger partial charge in [0.25, 0.3) is 0 Å². The molecule has 2 aliphatic rings. The van der Waals surface area contributed by atoms with E-state index in [-0.39, 0.29) is 0 Å². The Hall–Kier alpha value is -1.76. The first kappa shape index (κ1) is 21.5. The molecule has 1 fully saturated rings. The number of rotatable bonds is 6. The molecule has 0 aliphatic heterocycles. The molecule has 2 bridgehead atoms. The third-order valence-electron chi connectivity index (χ3n) is 8.16. The number of aryl methyl sites for hydroxylation is 6. The lowest BCUT2D eigenvalue weighted by molar-refractivity contribution is 0.353. The molecule has 158 valence electrons. The highest BCUT2D eigenvalue weighted by Gasteiger charge is 2.50. The summed E-state index contributed by atoms with van der Waals surface area (Å²) in [6.07, 6.45) is 11.9. The Morgan fingerprint density at radius 3 is 1.70 bits per heavy atom. The maximum Gasteiger partial charge on any atom is 0.214 e. The van der Waals surface area contributed by atoms with Crippen molar-refractivity contribution in [3.8, 4) is 0 Å². The van der Waals surface area contributed by atoms with E-state index < -0.39 is 0 Å². The van der Waals surface area contributed by atoms with Gasteiger partial charge in [0, 0.05) is 0 Å². The summed E-state index contributed by atoms with van der Waals surface area (Å²) in [5.41, 5.74) is 12.3. The molecule has 0 spiro atoms. The third kappa shape index (κ3) is 3.59.